The number of carbonyl (C=O) groups excluding carboxylic acids is 5. The summed E-state index contributed by atoms with van der Waals surface area (Å²) in [5.74, 6) is 0.0648. The maximum absolute atomic E-state index is 13.3. The van der Waals surface area contributed by atoms with Crippen LogP contribution in [0, 0.1) is 29.6 Å². The number of piperidine rings is 3. The molecular weight excluding hydrogens is 763 g/mol. The number of imide groups is 2. The van der Waals surface area contributed by atoms with Gasteiger partial charge < -0.3 is 24.8 Å². The molecule has 3 aromatic rings. The molecule has 1 unspecified atom stereocenters. The van der Waals surface area contributed by atoms with Crippen LogP contribution in [0.5, 0.6) is 5.75 Å². The molecule has 312 valence electrons. The van der Waals surface area contributed by atoms with Gasteiger partial charge in [0.25, 0.3) is 17.7 Å². The number of benzene rings is 2. The van der Waals surface area contributed by atoms with E-state index in [1.807, 2.05) is 31.2 Å². The van der Waals surface area contributed by atoms with E-state index in [-0.39, 0.29) is 42.2 Å². The zero-order chi connectivity index (χ0) is 41.5. The highest BCUT2D eigenvalue weighted by Gasteiger charge is 2.47. The number of ether oxygens (including phenoxy) is 1. The number of anilines is 2. The summed E-state index contributed by atoms with van der Waals surface area (Å²) in [5, 5.41) is 23.3. The second-order valence-electron chi connectivity index (χ2n) is 17.7. The Hall–Kier alpha value is -5.88. The molecule has 5 aliphatic heterocycles. The van der Waals surface area contributed by atoms with Gasteiger partial charge in [-0.05, 0) is 138 Å². The lowest BCUT2D eigenvalue weighted by molar-refractivity contribution is -0.136. The van der Waals surface area contributed by atoms with E-state index in [2.05, 4.69) is 41.6 Å². The van der Waals surface area contributed by atoms with Crippen molar-refractivity contribution in [2.75, 3.05) is 55.6 Å². The Kier molecular flexibility index (Phi) is 10.7. The highest BCUT2D eigenvalue weighted by Crippen LogP contribution is 2.44. The predicted molar refractivity (Wildman–Crippen MR) is 220 cm³/mol. The highest BCUT2D eigenvalue weighted by atomic mass is 16.5. The SMILES string of the molecule is Cc1cc(OC2CCC(NC(=O)c3ccc(N4CCC(CN5CCC6(CC5)CN(c5ccc7c(c5)C(=O)N(C5CCC(=O)NC5=O)C7=O)C6)CC4)nn3)CC2)ccc1C#N. The molecular formula is C45H51N9O6. The van der Waals surface area contributed by atoms with E-state index < -0.39 is 23.8 Å². The van der Waals surface area contributed by atoms with E-state index in [0.717, 1.165) is 125 Å². The van der Waals surface area contributed by atoms with Crippen molar-refractivity contribution in [2.45, 2.75) is 89.3 Å². The number of fused-ring (bicyclic) bond motifs is 1. The first-order valence-corrected chi connectivity index (χ1v) is 21.4. The zero-order valence-corrected chi connectivity index (χ0v) is 34.0. The molecule has 0 radical (unpaired) electrons. The summed E-state index contributed by atoms with van der Waals surface area (Å²) in [7, 11) is 0. The van der Waals surface area contributed by atoms with E-state index in [4.69, 9.17) is 4.74 Å². The molecule has 9 rings (SSSR count). The van der Waals surface area contributed by atoms with E-state index in [1.54, 1.807) is 24.3 Å². The fraction of sp³-hybridized carbons (Fsp3) is 0.511. The molecule has 1 aliphatic carbocycles. The van der Waals surface area contributed by atoms with Crippen LogP contribution in [0.25, 0.3) is 0 Å². The van der Waals surface area contributed by atoms with Crippen LogP contribution in [-0.4, -0.2) is 114 Å². The van der Waals surface area contributed by atoms with Crippen LogP contribution >= 0.6 is 0 Å². The second kappa shape index (κ2) is 16.3. The molecule has 1 saturated carbocycles. The molecule has 1 aromatic heterocycles. The Morgan fingerprint density at radius 2 is 1.62 bits per heavy atom. The molecule has 0 bridgehead atoms. The standard InChI is InChI=1S/C45H51N9O6/c1-28-22-34(6-2-30(28)24-46)60-33-7-3-31(4-8-33)47-41(56)37-10-12-39(50-49-37)52-18-14-29(15-19-52)25-51-20-16-45(17-21-51)26-53(27-45)32-5-9-35-36(23-32)44(59)54(43(35)58)38-11-13-40(55)48-42(38)57/h2,5-6,9-10,12,22-23,29,31,33,38H,3-4,7-8,11,13-21,25-27H2,1H3,(H,47,56)(H,48,55,57). The largest absolute Gasteiger partial charge is 0.490 e. The number of hydrogen-bond acceptors (Lipinski definition) is 12. The average molecular weight is 814 g/mol. The van der Waals surface area contributed by atoms with Gasteiger partial charge >= 0.3 is 0 Å². The summed E-state index contributed by atoms with van der Waals surface area (Å²) >= 11 is 0. The number of rotatable bonds is 9. The van der Waals surface area contributed by atoms with Gasteiger partial charge in [0.1, 0.15) is 11.8 Å². The van der Waals surface area contributed by atoms with Crippen LogP contribution in [-0.2, 0) is 9.59 Å². The van der Waals surface area contributed by atoms with Crippen molar-refractivity contribution in [3.8, 4) is 11.8 Å². The van der Waals surface area contributed by atoms with E-state index in [0.29, 0.717) is 28.3 Å². The lowest BCUT2D eigenvalue weighted by Crippen LogP contribution is -2.60. The first-order valence-electron chi connectivity index (χ1n) is 21.4. The number of nitrogens with one attached hydrogen (secondary N) is 2. The highest BCUT2D eigenvalue weighted by molar-refractivity contribution is 6.23. The fourth-order valence-electron chi connectivity index (χ4n) is 10.1. The Morgan fingerprint density at radius 3 is 2.30 bits per heavy atom. The lowest BCUT2D eigenvalue weighted by atomic mass is 9.71. The first kappa shape index (κ1) is 39.6. The smallest absolute Gasteiger partial charge is 0.272 e. The Balaban J connectivity index is 0.683. The molecule has 5 fully saturated rings. The van der Waals surface area contributed by atoms with E-state index >= 15 is 0 Å². The normalized spacial score (nSPS) is 24.5. The van der Waals surface area contributed by atoms with Gasteiger partial charge in [0.15, 0.2) is 11.5 Å². The molecule has 1 spiro atoms. The van der Waals surface area contributed by atoms with E-state index in [9.17, 15) is 29.2 Å². The van der Waals surface area contributed by atoms with Crippen LogP contribution in [0.3, 0.4) is 0 Å². The van der Waals surface area contributed by atoms with Crippen molar-refractivity contribution in [1.29, 1.82) is 5.26 Å². The van der Waals surface area contributed by atoms with Crippen molar-refractivity contribution in [1.82, 2.24) is 30.6 Å². The van der Waals surface area contributed by atoms with Gasteiger partial charge in [0.05, 0.1) is 28.9 Å². The topological polar surface area (TPSA) is 181 Å². The predicted octanol–water partition coefficient (Wildman–Crippen LogP) is 4.00. The zero-order valence-electron chi connectivity index (χ0n) is 34.0. The number of likely N-dealkylation sites (tertiary alicyclic amines) is 1. The van der Waals surface area contributed by atoms with Crippen molar-refractivity contribution >= 4 is 41.0 Å². The molecule has 2 N–H and O–H groups in total. The van der Waals surface area contributed by atoms with Gasteiger partial charge in [-0.3, -0.25) is 34.2 Å². The summed E-state index contributed by atoms with van der Waals surface area (Å²) in [6, 6.07) is 15.9. The maximum Gasteiger partial charge on any atom is 0.272 e. The number of carbonyl (C=O) groups is 5. The minimum absolute atomic E-state index is 0.0647. The van der Waals surface area contributed by atoms with E-state index in [1.165, 1.54) is 0 Å². The maximum atomic E-state index is 13.3. The van der Waals surface area contributed by atoms with Crippen LogP contribution in [0.1, 0.15) is 107 Å². The molecule has 15 heteroatoms. The third-order valence-corrected chi connectivity index (χ3v) is 13.7. The molecule has 1 atom stereocenters. The van der Waals surface area contributed by atoms with Crippen molar-refractivity contribution < 1.29 is 28.7 Å². The van der Waals surface area contributed by atoms with Gasteiger partial charge in [-0.25, -0.2) is 0 Å². The van der Waals surface area contributed by atoms with Crippen molar-refractivity contribution in [3.05, 3.63) is 76.5 Å². The van der Waals surface area contributed by atoms with Gasteiger partial charge in [-0.2, -0.15) is 5.26 Å². The summed E-state index contributed by atoms with van der Waals surface area (Å²) < 4.78 is 6.17. The van der Waals surface area contributed by atoms with Crippen LogP contribution in [0.15, 0.2) is 48.5 Å². The first-order chi connectivity index (χ1) is 29.0. The fourth-order valence-corrected chi connectivity index (χ4v) is 10.1. The Bertz CT molecular complexity index is 2230. The quantitative estimate of drug-likeness (QED) is 0.297. The van der Waals surface area contributed by atoms with Crippen LogP contribution in [0.2, 0.25) is 0 Å². The third kappa shape index (κ3) is 7.92. The number of aromatic nitrogens is 2. The van der Waals surface area contributed by atoms with Crippen molar-refractivity contribution in [3.63, 3.8) is 0 Å². The summed E-state index contributed by atoms with van der Waals surface area (Å²) in [5.41, 5.74) is 3.69. The molecule has 6 heterocycles. The van der Waals surface area contributed by atoms with Gasteiger partial charge in [-0.1, -0.05) is 0 Å². The Labute approximate surface area is 349 Å². The molecule has 6 aliphatic rings. The van der Waals surface area contributed by atoms with Gasteiger partial charge in [0.2, 0.25) is 11.8 Å². The Morgan fingerprint density at radius 1 is 0.867 bits per heavy atom. The third-order valence-electron chi connectivity index (χ3n) is 13.7. The number of nitrogens with zero attached hydrogens (tertiary/aromatic N) is 7. The summed E-state index contributed by atoms with van der Waals surface area (Å²) in [4.78, 5) is 71.8. The molecule has 2 aromatic carbocycles. The number of aryl methyl sites for hydroxylation is 1. The van der Waals surface area contributed by atoms with Gasteiger partial charge in [-0.15, -0.1) is 10.2 Å². The lowest BCUT2D eigenvalue weighted by Gasteiger charge is -2.55. The van der Waals surface area contributed by atoms with Crippen molar-refractivity contribution in [2.24, 2.45) is 11.3 Å². The van der Waals surface area contributed by atoms with Gasteiger partial charge in [0, 0.05) is 56.3 Å². The number of nitriles is 1. The molecule has 4 saturated heterocycles. The molecule has 15 nitrogen and oxygen atoms in total. The molecule has 60 heavy (non-hydrogen) atoms. The minimum atomic E-state index is -0.964. The summed E-state index contributed by atoms with van der Waals surface area (Å²) in [6.45, 7) is 8.77. The van der Waals surface area contributed by atoms with Crippen LogP contribution in [0.4, 0.5) is 11.5 Å². The average Bonchev–Trinajstić information content (AvgIpc) is 3.49. The summed E-state index contributed by atoms with van der Waals surface area (Å²) in [6.07, 6.45) is 8.06. The molecule has 5 amide bonds. The van der Waals surface area contributed by atoms with Crippen LogP contribution < -0.4 is 25.2 Å². The number of amides is 5. The number of hydrogen-bond donors (Lipinski definition) is 2. The monoisotopic (exact) mass is 813 g/mol. The minimum Gasteiger partial charge on any atom is -0.490 e. The second-order valence-corrected chi connectivity index (χ2v) is 17.7.